The first-order valence-corrected chi connectivity index (χ1v) is 9.26. The largest absolute Gasteiger partial charge is 0.350 e. The molecule has 24 heavy (non-hydrogen) atoms. The zero-order chi connectivity index (χ0) is 18.5. The molecule has 134 valence electrons. The zero-order valence-electron chi connectivity index (χ0n) is 15.5. The van der Waals surface area contributed by atoms with Gasteiger partial charge >= 0.3 is 0 Å². The average Bonchev–Trinajstić information content (AvgIpc) is 2.43. The van der Waals surface area contributed by atoms with E-state index in [1.807, 2.05) is 65.8 Å². The van der Waals surface area contributed by atoms with Gasteiger partial charge in [0.2, 0.25) is 11.8 Å². The summed E-state index contributed by atoms with van der Waals surface area (Å²) in [7, 11) is 0. The van der Waals surface area contributed by atoms with E-state index in [-0.39, 0.29) is 23.3 Å². The lowest BCUT2D eigenvalue weighted by molar-refractivity contribution is -0.128. The van der Waals surface area contributed by atoms with Crippen LogP contribution in [-0.4, -0.2) is 23.4 Å². The summed E-state index contributed by atoms with van der Waals surface area (Å²) in [5, 5.41) is 3.02. The maximum absolute atomic E-state index is 12.9. The third kappa shape index (κ3) is 5.62. The van der Waals surface area contributed by atoms with Crippen molar-refractivity contribution in [3.05, 3.63) is 28.7 Å². The minimum Gasteiger partial charge on any atom is -0.350 e. The van der Waals surface area contributed by atoms with Crippen molar-refractivity contribution in [2.75, 3.05) is 4.90 Å². The van der Waals surface area contributed by atoms with Crippen LogP contribution in [0, 0.1) is 5.92 Å². The molecule has 1 rings (SSSR count). The van der Waals surface area contributed by atoms with Crippen molar-refractivity contribution < 1.29 is 9.59 Å². The molecule has 0 spiro atoms. The van der Waals surface area contributed by atoms with E-state index in [0.717, 1.165) is 16.6 Å². The molecule has 2 amide bonds. The highest BCUT2D eigenvalue weighted by molar-refractivity contribution is 9.10. The molecule has 1 unspecified atom stereocenters. The van der Waals surface area contributed by atoms with Crippen LogP contribution in [0.3, 0.4) is 0 Å². The van der Waals surface area contributed by atoms with E-state index in [2.05, 4.69) is 21.2 Å². The molecular weight excluding hydrogens is 368 g/mol. The Morgan fingerprint density at radius 1 is 1.21 bits per heavy atom. The number of hydrogen-bond donors (Lipinski definition) is 1. The van der Waals surface area contributed by atoms with Gasteiger partial charge in [-0.05, 0) is 61.2 Å². The van der Waals surface area contributed by atoms with Crippen LogP contribution in [0.5, 0.6) is 0 Å². The number of hydrogen-bond acceptors (Lipinski definition) is 2. The number of halogens is 1. The van der Waals surface area contributed by atoms with Crippen molar-refractivity contribution in [1.29, 1.82) is 0 Å². The number of benzene rings is 1. The van der Waals surface area contributed by atoms with Gasteiger partial charge < -0.3 is 5.32 Å². The molecule has 5 heteroatoms. The molecule has 4 nitrogen and oxygen atoms in total. The summed E-state index contributed by atoms with van der Waals surface area (Å²) in [6, 6.07) is 6.99. The third-order valence-electron chi connectivity index (χ3n) is 3.52. The Morgan fingerprint density at radius 3 is 2.25 bits per heavy atom. The highest BCUT2D eigenvalue weighted by atomic mass is 79.9. The summed E-state index contributed by atoms with van der Waals surface area (Å²) in [5.41, 5.74) is 0.385. The first-order chi connectivity index (χ1) is 11.1. The number of amides is 2. The number of anilines is 1. The van der Waals surface area contributed by atoms with Crippen LogP contribution in [0.1, 0.15) is 54.4 Å². The van der Waals surface area contributed by atoms with Crippen LogP contribution in [-0.2, 0) is 9.59 Å². The summed E-state index contributed by atoms with van der Waals surface area (Å²) in [6.07, 6.45) is 1.15. The molecule has 0 saturated heterocycles. The Bertz CT molecular complexity index is 579. The fraction of sp³-hybridized carbons (Fsp3) is 0.579. The van der Waals surface area contributed by atoms with Crippen molar-refractivity contribution in [1.82, 2.24) is 5.32 Å². The monoisotopic (exact) mass is 396 g/mol. The van der Waals surface area contributed by atoms with Crippen LogP contribution in [0.25, 0.3) is 0 Å². The van der Waals surface area contributed by atoms with Gasteiger partial charge in [-0.2, -0.15) is 0 Å². The Labute approximate surface area is 154 Å². The van der Waals surface area contributed by atoms with E-state index >= 15 is 0 Å². The van der Waals surface area contributed by atoms with Crippen molar-refractivity contribution >= 4 is 33.4 Å². The van der Waals surface area contributed by atoms with Crippen LogP contribution < -0.4 is 10.2 Å². The fourth-order valence-electron chi connectivity index (χ4n) is 2.58. The van der Waals surface area contributed by atoms with Crippen LogP contribution in [0.2, 0.25) is 0 Å². The highest BCUT2D eigenvalue weighted by Gasteiger charge is 2.35. The summed E-state index contributed by atoms with van der Waals surface area (Å²) in [5.74, 6) is -0.176. The lowest BCUT2D eigenvalue weighted by atomic mass is 9.98. The van der Waals surface area contributed by atoms with Gasteiger partial charge in [0, 0.05) is 16.4 Å². The minimum atomic E-state index is -0.554. The molecule has 0 fully saturated rings. The average molecular weight is 397 g/mol. The lowest BCUT2D eigenvalue weighted by Crippen LogP contribution is -2.56. The van der Waals surface area contributed by atoms with Crippen LogP contribution >= 0.6 is 15.9 Å². The second-order valence-corrected chi connectivity index (χ2v) is 8.25. The Hall–Kier alpha value is -1.36. The first kappa shape index (κ1) is 20.7. The van der Waals surface area contributed by atoms with Crippen molar-refractivity contribution in [2.45, 2.75) is 66.0 Å². The van der Waals surface area contributed by atoms with Gasteiger partial charge in [0.05, 0.1) is 5.69 Å². The second kappa shape index (κ2) is 8.65. The predicted molar refractivity (Wildman–Crippen MR) is 103 cm³/mol. The van der Waals surface area contributed by atoms with Crippen molar-refractivity contribution in [3.63, 3.8) is 0 Å². The molecule has 1 aromatic rings. The third-order valence-corrected chi connectivity index (χ3v) is 4.19. The first-order valence-electron chi connectivity index (χ1n) is 8.47. The van der Waals surface area contributed by atoms with Gasteiger partial charge in [-0.25, -0.2) is 0 Å². The Balaban J connectivity index is 3.35. The van der Waals surface area contributed by atoms with E-state index in [4.69, 9.17) is 0 Å². The van der Waals surface area contributed by atoms with Crippen LogP contribution in [0.15, 0.2) is 28.7 Å². The number of para-hydroxylation sites is 1. The molecule has 0 saturated carbocycles. The maximum Gasteiger partial charge on any atom is 0.243 e. The van der Waals surface area contributed by atoms with E-state index in [0.29, 0.717) is 6.42 Å². The number of carbonyl (C=O) groups excluding carboxylic acids is 2. The summed E-state index contributed by atoms with van der Waals surface area (Å²) < 4.78 is 0.809. The highest BCUT2D eigenvalue weighted by Crippen LogP contribution is 2.30. The van der Waals surface area contributed by atoms with Crippen molar-refractivity contribution in [3.8, 4) is 0 Å². The fourth-order valence-corrected chi connectivity index (χ4v) is 3.06. The molecule has 1 N–H and O–H groups in total. The maximum atomic E-state index is 12.9. The summed E-state index contributed by atoms with van der Waals surface area (Å²) >= 11 is 3.52. The van der Waals surface area contributed by atoms with Gasteiger partial charge in [-0.1, -0.05) is 32.9 Å². The molecule has 0 aliphatic rings. The van der Waals surface area contributed by atoms with Gasteiger partial charge in [-0.15, -0.1) is 0 Å². The molecule has 1 atom stereocenters. The number of nitrogens with one attached hydrogen (secondary N) is 1. The smallest absolute Gasteiger partial charge is 0.243 e. The molecule has 0 heterocycles. The predicted octanol–water partition coefficient (Wildman–Crippen LogP) is 4.52. The molecule has 0 bridgehead atoms. The minimum absolute atomic E-state index is 0.0136. The second-order valence-electron chi connectivity index (χ2n) is 7.39. The van der Waals surface area contributed by atoms with Gasteiger partial charge in [0.15, 0.2) is 0 Å². The molecular formula is C19H29BrN2O2. The van der Waals surface area contributed by atoms with E-state index in [9.17, 15) is 9.59 Å². The van der Waals surface area contributed by atoms with Gasteiger partial charge in [0.25, 0.3) is 0 Å². The van der Waals surface area contributed by atoms with Gasteiger partial charge in [-0.3, -0.25) is 14.5 Å². The topological polar surface area (TPSA) is 49.4 Å². The Morgan fingerprint density at radius 2 is 1.79 bits per heavy atom. The normalized spacial score (nSPS) is 12.8. The van der Waals surface area contributed by atoms with Crippen molar-refractivity contribution in [2.24, 2.45) is 5.92 Å². The van der Waals surface area contributed by atoms with E-state index in [1.54, 1.807) is 4.90 Å². The number of nitrogens with zero attached hydrogens (tertiary/aromatic N) is 1. The molecule has 0 radical (unpaired) electrons. The number of rotatable bonds is 6. The standard InChI is InChI=1S/C19H29BrN2O2/c1-7-10-16(23)22(15-12-9-8-11-14(15)20)17(13(2)3)18(24)21-19(4,5)6/h8-9,11-13,17H,7,10H2,1-6H3,(H,21,24). The van der Waals surface area contributed by atoms with Crippen LogP contribution in [0.4, 0.5) is 5.69 Å². The Kier molecular flexibility index (Phi) is 7.46. The molecule has 0 aliphatic carbocycles. The lowest BCUT2D eigenvalue weighted by Gasteiger charge is -2.36. The van der Waals surface area contributed by atoms with E-state index < -0.39 is 6.04 Å². The quantitative estimate of drug-likeness (QED) is 0.767. The molecule has 1 aromatic carbocycles. The van der Waals surface area contributed by atoms with Gasteiger partial charge in [0.1, 0.15) is 6.04 Å². The molecule has 0 aromatic heterocycles. The summed E-state index contributed by atoms with van der Waals surface area (Å²) in [6.45, 7) is 11.7. The number of carbonyl (C=O) groups is 2. The zero-order valence-corrected chi connectivity index (χ0v) is 17.1. The van der Waals surface area contributed by atoms with E-state index in [1.165, 1.54) is 0 Å². The SMILES string of the molecule is CCCC(=O)N(c1ccccc1Br)C(C(=O)NC(C)(C)C)C(C)C. The molecule has 0 aliphatic heterocycles. The summed E-state index contributed by atoms with van der Waals surface area (Å²) in [4.78, 5) is 27.4.